The summed E-state index contributed by atoms with van der Waals surface area (Å²) in [5.74, 6) is -0.537. The highest BCUT2D eigenvalue weighted by atomic mass is 32.1. The number of carbonyl (C=O) groups excluding carboxylic acids is 2. The summed E-state index contributed by atoms with van der Waals surface area (Å²) in [6, 6.07) is 3.50. The van der Waals surface area contributed by atoms with E-state index >= 15 is 0 Å². The van der Waals surface area contributed by atoms with Crippen molar-refractivity contribution in [1.82, 2.24) is 4.98 Å². The highest BCUT2D eigenvalue weighted by Crippen LogP contribution is 2.17. The van der Waals surface area contributed by atoms with E-state index in [2.05, 4.69) is 10.3 Å². The molecule has 0 aliphatic heterocycles. The maximum absolute atomic E-state index is 11.6. The number of ether oxygens (including phenoxy) is 1. The monoisotopic (exact) mass is 282 g/mol. The number of hydrogen-bond donors (Lipinski definition) is 1. The number of thiophene rings is 1. The van der Waals surface area contributed by atoms with E-state index in [-0.39, 0.29) is 18.5 Å². The lowest BCUT2D eigenvalue weighted by Gasteiger charge is -2.00. The highest BCUT2D eigenvalue weighted by molar-refractivity contribution is 7.14. The number of hydrogen-bond acceptors (Lipinski definition) is 6. The number of nitrogens with zero attached hydrogens (tertiary/aromatic N) is 1. The van der Waals surface area contributed by atoms with Gasteiger partial charge in [-0.05, 0) is 11.4 Å². The number of amides is 1. The molecular weight excluding hydrogens is 272 g/mol. The number of esters is 1. The van der Waals surface area contributed by atoms with Gasteiger partial charge in [-0.1, -0.05) is 6.07 Å². The van der Waals surface area contributed by atoms with Crippen molar-refractivity contribution in [2.75, 3.05) is 5.32 Å². The lowest BCUT2D eigenvalue weighted by Crippen LogP contribution is -2.06. The Morgan fingerprint density at radius 2 is 2.28 bits per heavy atom. The van der Waals surface area contributed by atoms with E-state index in [9.17, 15) is 9.59 Å². The fourth-order valence-corrected chi connectivity index (χ4v) is 2.54. The quantitative estimate of drug-likeness (QED) is 0.875. The third-order valence-corrected chi connectivity index (χ3v) is 3.56. The first-order chi connectivity index (χ1) is 8.65. The van der Waals surface area contributed by atoms with E-state index in [1.165, 1.54) is 29.6 Å². The molecule has 18 heavy (non-hydrogen) atoms. The smallest absolute Gasteiger partial charge is 0.348 e. The molecule has 0 bridgehead atoms. The lowest BCUT2D eigenvalue weighted by atomic mass is 10.5. The first-order valence-electron chi connectivity index (χ1n) is 5.08. The number of anilines is 1. The molecule has 5 nitrogen and oxygen atoms in total. The van der Waals surface area contributed by atoms with Crippen molar-refractivity contribution in [2.24, 2.45) is 0 Å². The van der Waals surface area contributed by atoms with Crippen molar-refractivity contribution in [3.8, 4) is 0 Å². The Kier molecular flexibility index (Phi) is 4.06. The van der Waals surface area contributed by atoms with Crippen LogP contribution in [0.1, 0.15) is 22.3 Å². The molecule has 1 amide bonds. The first-order valence-corrected chi connectivity index (χ1v) is 6.83. The highest BCUT2D eigenvalue weighted by Gasteiger charge is 2.10. The number of nitrogens with one attached hydrogen (secondary N) is 1. The van der Waals surface area contributed by atoms with Gasteiger partial charge in [-0.3, -0.25) is 4.79 Å². The predicted molar refractivity (Wildman–Crippen MR) is 69.9 cm³/mol. The van der Waals surface area contributed by atoms with Gasteiger partial charge in [-0.15, -0.1) is 22.7 Å². The van der Waals surface area contributed by atoms with Crippen molar-refractivity contribution in [1.29, 1.82) is 0 Å². The molecule has 0 fully saturated rings. The van der Waals surface area contributed by atoms with Crippen LogP contribution in [0, 0.1) is 0 Å². The molecule has 7 heteroatoms. The summed E-state index contributed by atoms with van der Waals surface area (Å²) in [7, 11) is 0. The number of thiazole rings is 1. The van der Waals surface area contributed by atoms with Crippen LogP contribution in [0.25, 0.3) is 0 Å². The lowest BCUT2D eigenvalue weighted by molar-refractivity contribution is -0.114. The Morgan fingerprint density at radius 3 is 2.94 bits per heavy atom. The molecule has 2 aromatic rings. The Morgan fingerprint density at radius 1 is 1.44 bits per heavy atom. The number of aromatic nitrogens is 1. The molecular formula is C11H10N2O3S2. The molecule has 0 aliphatic carbocycles. The molecule has 0 aliphatic rings. The van der Waals surface area contributed by atoms with Crippen LogP contribution in [0.15, 0.2) is 22.9 Å². The minimum absolute atomic E-state index is 0.104. The van der Waals surface area contributed by atoms with E-state index in [1.54, 1.807) is 17.5 Å². The minimum Gasteiger partial charge on any atom is -0.455 e. The van der Waals surface area contributed by atoms with Crippen LogP contribution < -0.4 is 5.32 Å². The summed E-state index contributed by atoms with van der Waals surface area (Å²) in [5, 5.41) is 6.63. The molecule has 0 radical (unpaired) electrons. The molecule has 0 atom stereocenters. The van der Waals surface area contributed by atoms with Crippen molar-refractivity contribution < 1.29 is 14.3 Å². The van der Waals surface area contributed by atoms with Gasteiger partial charge in [0.2, 0.25) is 5.91 Å². The summed E-state index contributed by atoms with van der Waals surface area (Å²) in [5.41, 5.74) is 0.619. The van der Waals surface area contributed by atoms with Gasteiger partial charge in [0.05, 0.1) is 5.69 Å². The summed E-state index contributed by atoms with van der Waals surface area (Å²) in [6.07, 6.45) is 0. The second kappa shape index (κ2) is 5.74. The molecule has 0 saturated carbocycles. The minimum atomic E-state index is -0.362. The second-order valence-electron chi connectivity index (χ2n) is 3.38. The third kappa shape index (κ3) is 3.38. The largest absolute Gasteiger partial charge is 0.455 e. The van der Waals surface area contributed by atoms with Gasteiger partial charge in [-0.25, -0.2) is 9.78 Å². The Balaban J connectivity index is 1.88. The fourth-order valence-electron chi connectivity index (χ4n) is 1.19. The summed E-state index contributed by atoms with van der Waals surface area (Å²) in [4.78, 5) is 27.1. The molecule has 0 aromatic carbocycles. The zero-order valence-electron chi connectivity index (χ0n) is 9.50. The Hall–Kier alpha value is -1.73. The average Bonchev–Trinajstić information content (AvgIpc) is 2.95. The van der Waals surface area contributed by atoms with Crippen LogP contribution in [0.3, 0.4) is 0 Å². The molecule has 2 heterocycles. The van der Waals surface area contributed by atoms with Crippen molar-refractivity contribution >= 4 is 39.7 Å². The van der Waals surface area contributed by atoms with E-state index in [0.717, 1.165) is 0 Å². The van der Waals surface area contributed by atoms with Gasteiger partial charge in [0, 0.05) is 12.3 Å². The number of rotatable bonds is 4. The van der Waals surface area contributed by atoms with Gasteiger partial charge in [-0.2, -0.15) is 0 Å². The molecule has 0 spiro atoms. The standard InChI is InChI=1S/C11H10N2O3S2/c1-7(14)12-11-13-8(6-18-11)5-16-10(15)9-3-2-4-17-9/h2-4,6H,5H2,1H3,(H,12,13,14). The molecule has 2 rings (SSSR count). The average molecular weight is 282 g/mol. The van der Waals surface area contributed by atoms with Gasteiger partial charge in [0.1, 0.15) is 11.5 Å². The van der Waals surface area contributed by atoms with Gasteiger partial charge >= 0.3 is 5.97 Å². The van der Waals surface area contributed by atoms with E-state index < -0.39 is 0 Å². The molecule has 2 aromatic heterocycles. The van der Waals surface area contributed by atoms with Gasteiger partial charge < -0.3 is 10.1 Å². The number of carbonyl (C=O) groups is 2. The summed E-state index contributed by atoms with van der Waals surface area (Å²) >= 11 is 2.63. The second-order valence-corrected chi connectivity index (χ2v) is 5.18. The normalized spacial score (nSPS) is 10.1. The van der Waals surface area contributed by atoms with Crippen LogP contribution in [-0.2, 0) is 16.1 Å². The maximum atomic E-state index is 11.6. The van der Waals surface area contributed by atoms with Crippen molar-refractivity contribution in [3.63, 3.8) is 0 Å². The summed E-state index contributed by atoms with van der Waals surface area (Å²) in [6.45, 7) is 1.52. The van der Waals surface area contributed by atoms with Crippen LogP contribution in [0.5, 0.6) is 0 Å². The van der Waals surface area contributed by atoms with E-state index in [0.29, 0.717) is 15.7 Å². The topological polar surface area (TPSA) is 68.3 Å². The van der Waals surface area contributed by atoms with Crippen molar-refractivity contribution in [2.45, 2.75) is 13.5 Å². The molecule has 0 saturated heterocycles. The van der Waals surface area contributed by atoms with Gasteiger partial charge in [0.15, 0.2) is 5.13 Å². The molecule has 94 valence electrons. The molecule has 0 unspecified atom stereocenters. The zero-order valence-corrected chi connectivity index (χ0v) is 11.1. The van der Waals surface area contributed by atoms with Crippen LogP contribution >= 0.6 is 22.7 Å². The zero-order chi connectivity index (χ0) is 13.0. The van der Waals surface area contributed by atoms with Crippen LogP contribution in [0.4, 0.5) is 5.13 Å². The fraction of sp³-hybridized carbons (Fsp3) is 0.182. The summed E-state index contributed by atoms with van der Waals surface area (Å²) < 4.78 is 5.09. The Bertz CT molecular complexity index is 548. The van der Waals surface area contributed by atoms with Crippen LogP contribution in [0.2, 0.25) is 0 Å². The first kappa shape index (κ1) is 12.7. The van der Waals surface area contributed by atoms with Crippen LogP contribution in [-0.4, -0.2) is 16.9 Å². The molecule has 1 N–H and O–H groups in total. The predicted octanol–water partition coefficient (Wildman–Crippen LogP) is 2.52. The van der Waals surface area contributed by atoms with Gasteiger partial charge in [0.25, 0.3) is 0 Å². The Labute approximate surface area is 111 Å². The van der Waals surface area contributed by atoms with Crippen molar-refractivity contribution in [3.05, 3.63) is 33.5 Å². The van der Waals surface area contributed by atoms with E-state index in [1.807, 2.05) is 5.38 Å². The van der Waals surface area contributed by atoms with E-state index in [4.69, 9.17) is 4.74 Å². The third-order valence-electron chi connectivity index (χ3n) is 1.91. The maximum Gasteiger partial charge on any atom is 0.348 e. The SMILES string of the molecule is CC(=O)Nc1nc(COC(=O)c2cccs2)cs1.